The molecule has 1 aliphatic carbocycles. The molecule has 0 spiro atoms. The van der Waals surface area contributed by atoms with Crippen LogP contribution in [0, 0.1) is 18.7 Å². The number of piperazine rings is 1. The van der Waals surface area contributed by atoms with Gasteiger partial charge in [0.2, 0.25) is 0 Å². The molecule has 1 saturated carbocycles. The van der Waals surface area contributed by atoms with Crippen molar-refractivity contribution in [2.24, 2.45) is 5.92 Å². The van der Waals surface area contributed by atoms with Gasteiger partial charge in [0.15, 0.2) is 0 Å². The molecule has 3 rings (SSSR count). The predicted octanol–water partition coefficient (Wildman–Crippen LogP) is 3.30. The number of nitrogens with one attached hydrogen (secondary N) is 1. The summed E-state index contributed by atoms with van der Waals surface area (Å²) < 4.78 is 14.3. The van der Waals surface area contributed by atoms with Crippen LogP contribution in [0.25, 0.3) is 0 Å². The molecule has 1 saturated heterocycles. The van der Waals surface area contributed by atoms with Gasteiger partial charge in [-0.2, -0.15) is 0 Å². The van der Waals surface area contributed by atoms with Crippen molar-refractivity contribution in [2.45, 2.75) is 32.2 Å². The minimum Gasteiger partial charge on any atom is -0.314 e. The third-order valence-electron chi connectivity index (χ3n) is 4.61. The maximum Gasteiger partial charge on any atom is 0.128 e. The average molecular weight is 299 g/mol. The third kappa shape index (κ3) is 3.16. The fourth-order valence-electron chi connectivity index (χ4n) is 3.35. The first-order valence-corrected chi connectivity index (χ1v) is 7.46. The number of halogens is 2. The molecule has 1 aromatic rings. The van der Waals surface area contributed by atoms with Crippen LogP contribution in [0.15, 0.2) is 18.2 Å². The molecule has 0 aromatic heterocycles. The van der Waals surface area contributed by atoms with E-state index >= 15 is 0 Å². The largest absolute Gasteiger partial charge is 0.314 e. The first kappa shape index (κ1) is 15.7. The van der Waals surface area contributed by atoms with Crippen molar-refractivity contribution in [3.8, 4) is 0 Å². The van der Waals surface area contributed by atoms with Crippen LogP contribution < -0.4 is 5.32 Å². The topological polar surface area (TPSA) is 15.3 Å². The second-order valence-corrected chi connectivity index (χ2v) is 5.95. The summed E-state index contributed by atoms with van der Waals surface area (Å²) in [5.41, 5.74) is 2.09. The van der Waals surface area contributed by atoms with Crippen molar-refractivity contribution in [1.82, 2.24) is 10.2 Å². The molecule has 0 unspecified atom stereocenters. The Morgan fingerprint density at radius 3 is 2.55 bits per heavy atom. The number of rotatable bonds is 3. The quantitative estimate of drug-likeness (QED) is 0.921. The highest BCUT2D eigenvalue weighted by Gasteiger charge is 2.34. The smallest absolute Gasteiger partial charge is 0.128 e. The lowest BCUT2D eigenvalue weighted by atomic mass is 9.76. The number of hydrogen-bond acceptors (Lipinski definition) is 2. The van der Waals surface area contributed by atoms with Gasteiger partial charge in [-0.15, -0.1) is 12.4 Å². The molecule has 1 atom stereocenters. The maximum atomic E-state index is 14.3. The molecule has 1 aromatic carbocycles. The molecule has 0 bridgehead atoms. The summed E-state index contributed by atoms with van der Waals surface area (Å²) in [5.74, 6) is 0.621. The molecule has 20 heavy (non-hydrogen) atoms. The summed E-state index contributed by atoms with van der Waals surface area (Å²) in [5, 5.41) is 3.39. The van der Waals surface area contributed by atoms with Crippen molar-refractivity contribution in [3.05, 3.63) is 35.1 Å². The minimum atomic E-state index is -0.0268. The Bertz CT molecular complexity index is 442. The summed E-state index contributed by atoms with van der Waals surface area (Å²) >= 11 is 0. The number of nitrogens with zero attached hydrogens (tertiary/aromatic N) is 1. The SMILES string of the molecule is Cc1ccc(F)c([C@@H](C2CCC2)N2CCNCC2)c1.Cl. The third-order valence-corrected chi connectivity index (χ3v) is 4.61. The standard InChI is InChI=1S/C16H23FN2.ClH/c1-12-5-6-15(17)14(11-12)16(13-3-2-4-13)19-9-7-18-8-10-19;/h5-6,11,13,16,18H,2-4,7-10H2,1H3;1H/t16-;/m1./s1. The molecule has 0 radical (unpaired) electrons. The van der Waals surface area contributed by atoms with Crippen LogP contribution in [0.3, 0.4) is 0 Å². The van der Waals surface area contributed by atoms with Crippen LogP contribution in [0.4, 0.5) is 4.39 Å². The molecular formula is C16H24ClFN2. The molecule has 1 heterocycles. The second-order valence-electron chi connectivity index (χ2n) is 5.95. The van der Waals surface area contributed by atoms with Crippen molar-refractivity contribution in [1.29, 1.82) is 0 Å². The van der Waals surface area contributed by atoms with Gasteiger partial charge in [-0.3, -0.25) is 4.90 Å². The van der Waals surface area contributed by atoms with Gasteiger partial charge in [-0.05, 0) is 31.7 Å². The van der Waals surface area contributed by atoms with Crippen molar-refractivity contribution in [2.75, 3.05) is 26.2 Å². The lowest BCUT2D eigenvalue weighted by molar-refractivity contribution is 0.0811. The van der Waals surface area contributed by atoms with Gasteiger partial charge >= 0.3 is 0 Å². The zero-order valence-corrected chi connectivity index (χ0v) is 12.9. The van der Waals surface area contributed by atoms with Crippen molar-refractivity contribution in [3.63, 3.8) is 0 Å². The van der Waals surface area contributed by atoms with Crippen LogP contribution in [-0.2, 0) is 0 Å². The van der Waals surface area contributed by atoms with Crippen LogP contribution in [-0.4, -0.2) is 31.1 Å². The fourth-order valence-corrected chi connectivity index (χ4v) is 3.35. The summed E-state index contributed by atoms with van der Waals surface area (Å²) in [6, 6.07) is 5.85. The van der Waals surface area contributed by atoms with Gasteiger partial charge < -0.3 is 5.32 Å². The Morgan fingerprint density at radius 2 is 1.95 bits per heavy atom. The molecule has 0 amide bonds. The van der Waals surface area contributed by atoms with Crippen molar-refractivity contribution >= 4 is 12.4 Å². The van der Waals surface area contributed by atoms with E-state index in [9.17, 15) is 4.39 Å². The van der Waals surface area contributed by atoms with Crippen LogP contribution in [0.5, 0.6) is 0 Å². The van der Waals surface area contributed by atoms with E-state index in [0.29, 0.717) is 5.92 Å². The van der Waals surface area contributed by atoms with Crippen LogP contribution in [0.2, 0.25) is 0 Å². The Hall–Kier alpha value is -0.640. The fraction of sp³-hybridized carbons (Fsp3) is 0.625. The van der Waals surface area contributed by atoms with Crippen LogP contribution >= 0.6 is 12.4 Å². The van der Waals surface area contributed by atoms with E-state index in [1.807, 2.05) is 6.07 Å². The first-order valence-electron chi connectivity index (χ1n) is 7.46. The van der Waals surface area contributed by atoms with E-state index in [4.69, 9.17) is 0 Å². The van der Waals surface area contributed by atoms with Gasteiger partial charge in [-0.25, -0.2) is 4.39 Å². The van der Waals surface area contributed by atoms with E-state index in [1.165, 1.54) is 19.3 Å². The Balaban J connectivity index is 0.00000147. The number of benzene rings is 1. The molecule has 2 nitrogen and oxygen atoms in total. The molecule has 2 fully saturated rings. The first-order chi connectivity index (χ1) is 9.25. The van der Waals surface area contributed by atoms with E-state index in [0.717, 1.165) is 37.3 Å². The highest BCUT2D eigenvalue weighted by atomic mass is 35.5. The molecule has 4 heteroatoms. The molecule has 1 N–H and O–H groups in total. The predicted molar refractivity (Wildman–Crippen MR) is 82.9 cm³/mol. The van der Waals surface area contributed by atoms with E-state index in [1.54, 1.807) is 6.07 Å². The monoisotopic (exact) mass is 298 g/mol. The molecule has 1 aliphatic heterocycles. The average Bonchev–Trinajstić information content (AvgIpc) is 2.38. The Kier molecular flexibility index (Phi) is 5.42. The molecule has 2 aliphatic rings. The van der Waals surface area contributed by atoms with E-state index in [-0.39, 0.29) is 24.3 Å². The van der Waals surface area contributed by atoms with E-state index in [2.05, 4.69) is 23.2 Å². The second kappa shape index (κ2) is 6.88. The zero-order valence-electron chi connectivity index (χ0n) is 12.1. The van der Waals surface area contributed by atoms with Crippen molar-refractivity contribution < 1.29 is 4.39 Å². The highest BCUT2D eigenvalue weighted by Crippen LogP contribution is 2.42. The van der Waals surface area contributed by atoms with Gasteiger partial charge in [0.05, 0.1) is 0 Å². The summed E-state index contributed by atoms with van der Waals surface area (Å²) in [4.78, 5) is 2.48. The molecular weight excluding hydrogens is 275 g/mol. The lowest BCUT2D eigenvalue weighted by Crippen LogP contribution is -2.48. The number of hydrogen-bond donors (Lipinski definition) is 1. The van der Waals surface area contributed by atoms with Gasteiger partial charge in [-0.1, -0.05) is 24.1 Å². The summed E-state index contributed by atoms with van der Waals surface area (Å²) in [7, 11) is 0. The summed E-state index contributed by atoms with van der Waals surface area (Å²) in [6.45, 7) is 6.18. The normalized spacial score (nSPS) is 21.9. The van der Waals surface area contributed by atoms with Gasteiger partial charge in [0.1, 0.15) is 5.82 Å². The van der Waals surface area contributed by atoms with Gasteiger partial charge in [0, 0.05) is 37.8 Å². The Labute approximate surface area is 127 Å². The Morgan fingerprint density at radius 1 is 1.25 bits per heavy atom. The minimum absolute atomic E-state index is 0. The zero-order chi connectivity index (χ0) is 13.2. The lowest BCUT2D eigenvalue weighted by Gasteiger charge is -2.43. The maximum absolute atomic E-state index is 14.3. The van der Waals surface area contributed by atoms with Crippen LogP contribution in [0.1, 0.15) is 36.4 Å². The van der Waals surface area contributed by atoms with E-state index < -0.39 is 0 Å². The highest BCUT2D eigenvalue weighted by molar-refractivity contribution is 5.85. The molecule has 112 valence electrons. The van der Waals surface area contributed by atoms with Gasteiger partial charge in [0.25, 0.3) is 0 Å². The number of aryl methyl sites for hydroxylation is 1. The summed E-state index contributed by atoms with van der Waals surface area (Å²) in [6.07, 6.45) is 3.81.